The molecule has 1 aliphatic heterocycles. The molecule has 6 heteroatoms. The minimum Gasteiger partial charge on any atom is -0.367 e. The molecule has 1 aliphatic rings. The van der Waals surface area contributed by atoms with E-state index in [2.05, 4.69) is 20.8 Å². The van der Waals surface area contributed by atoms with Crippen molar-refractivity contribution >= 4 is 39.1 Å². The van der Waals surface area contributed by atoms with E-state index in [4.69, 9.17) is 11.6 Å². The van der Waals surface area contributed by atoms with Gasteiger partial charge in [0.15, 0.2) is 0 Å². The number of para-hydroxylation sites is 1. The zero-order valence-electron chi connectivity index (χ0n) is 12.3. The van der Waals surface area contributed by atoms with Crippen LogP contribution in [-0.2, 0) is 0 Å². The van der Waals surface area contributed by atoms with E-state index in [0.29, 0.717) is 35.7 Å². The molecule has 0 aliphatic carbocycles. The molecule has 0 aromatic heterocycles. The molecule has 2 aromatic carbocycles. The Balaban J connectivity index is 1.70. The second-order valence-corrected chi connectivity index (χ2v) is 6.68. The van der Waals surface area contributed by atoms with Gasteiger partial charge in [0.2, 0.25) is 0 Å². The zero-order valence-corrected chi connectivity index (χ0v) is 14.6. The fraction of sp³-hybridized carbons (Fsp3) is 0.235. The molecule has 0 unspecified atom stereocenters. The average molecular weight is 398 g/mol. The second-order valence-electron chi connectivity index (χ2n) is 5.35. The number of carbonyl (C=O) groups excluding carboxylic acids is 1. The Morgan fingerprint density at radius 3 is 2.48 bits per heavy atom. The molecule has 0 N–H and O–H groups in total. The van der Waals surface area contributed by atoms with Gasteiger partial charge in [0, 0.05) is 30.7 Å². The van der Waals surface area contributed by atoms with Crippen molar-refractivity contribution in [2.45, 2.75) is 0 Å². The maximum atomic E-state index is 13.9. The SMILES string of the molecule is O=C(c1cc(Br)ccc1F)N1CCN(c2ccccc2Cl)CC1. The first-order valence-corrected chi connectivity index (χ1v) is 8.47. The van der Waals surface area contributed by atoms with Crippen molar-refractivity contribution in [1.29, 1.82) is 0 Å². The third-order valence-electron chi connectivity index (χ3n) is 3.92. The summed E-state index contributed by atoms with van der Waals surface area (Å²) < 4.78 is 14.6. The highest BCUT2D eigenvalue weighted by atomic mass is 79.9. The summed E-state index contributed by atoms with van der Waals surface area (Å²) >= 11 is 9.49. The smallest absolute Gasteiger partial charge is 0.256 e. The normalized spacial score (nSPS) is 14.9. The summed E-state index contributed by atoms with van der Waals surface area (Å²) in [7, 11) is 0. The lowest BCUT2D eigenvalue weighted by atomic mass is 10.1. The van der Waals surface area contributed by atoms with Gasteiger partial charge in [-0.15, -0.1) is 0 Å². The topological polar surface area (TPSA) is 23.6 Å². The number of halogens is 3. The molecule has 3 nitrogen and oxygen atoms in total. The summed E-state index contributed by atoms with van der Waals surface area (Å²) in [6, 6.07) is 12.1. The largest absolute Gasteiger partial charge is 0.367 e. The van der Waals surface area contributed by atoms with E-state index in [9.17, 15) is 9.18 Å². The molecule has 23 heavy (non-hydrogen) atoms. The molecular formula is C17H15BrClFN2O. The number of anilines is 1. The Bertz CT molecular complexity index is 732. The summed E-state index contributed by atoms with van der Waals surface area (Å²) in [5.74, 6) is -0.769. The molecule has 0 spiro atoms. The molecule has 1 amide bonds. The van der Waals surface area contributed by atoms with Crippen molar-refractivity contribution in [1.82, 2.24) is 4.90 Å². The van der Waals surface area contributed by atoms with E-state index < -0.39 is 5.82 Å². The van der Waals surface area contributed by atoms with Gasteiger partial charge in [0.05, 0.1) is 16.3 Å². The Kier molecular flexibility index (Phi) is 4.87. The van der Waals surface area contributed by atoms with Crippen molar-refractivity contribution in [2.75, 3.05) is 31.1 Å². The van der Waals surface area contributed by atoms with Crippen LogP contribution in [0.25, 0.3) is 0 Å². The molecule has 2 aromatic rings. The number of hydrogen-bond donors (Lipinski definition) is 0. The minimum atomic E-state index is -0.494. The van der Waals surface area contributed by atoms with Gasteiger partial charge in [0.1, 0.15) is 5.82 Å². The predicted octanol–water partition coefficient (Wildman–Crippen LogP) is 4.20. The van der Waals surface area contributed by atoms with Crippen LogP contribution < -0.4 is 4.90 Å². The van der Waals surface area contributed by atoms with Gasteiger partial charge < -0.3 is 9.80 Å². The van der Waals surface area contributed by atoms with Gasteiger partial charge in [-0.25, -0.2) is 4.39 Å². The van der Waals surface area contributed by atoms with Crippen molar-refractivity contribution in [3.05, 3.63) is 63.3 Å². The first-order chi connectivity index (χ1) is 11.1. The summed E-state index contributed by atoms with van der Waals surface area (Å²) in [5, 5.41) is 0.699. The number of nitrogens with zero attached hydrogens (tertiary/aromatic N) is 2. The molecule has 0 saturated carbocycles. The van der Waals surface area contributed by atoms with Crippen LogP contribution in [0.2, 0.25) is 5.02 Å². The maximum absolute atomic E-state index is 13.9. The van der Waals surface area contributed by atoms with Crippen LogP contribution >= 0.6 is 27.5 Å². The molecule has 120 valence electrons. The number of hydrogen-bond acceptors (Lipinski definition) is 2. The molecule has 3 rings (SSSR count). The molecule has 0 radical (unpaired) electrons. The zero-order chi connectivity index (χ0) is 16.4. The standard InChI is InChI=1S/C17H15BrClFN2O/c18-12-5-6-15(20)13(11-12)17(23)22-9-7-21(8-10-22)16-4-2-1-3-14(16)19/h1-6,11H,7-10H2. The first kappa shape index (κ1) is 16.3. The third kappa shape index (κ3) is 3.51. The minimum absolute atomic E-state index is 0.102. The van der Waals surface area contributed by atoms with E-state index in [1.807, 2.05) is 24.3 Å². The summed E-state index contributed by atoms with van der Waals surface area (Å²) in [5.41, 5.74) is 1.07. The highest BCUT2D eigenvalue weighted by molar-refractivity contribution is 9.10. The van der Waals surface area contributed by atoms with Crippen LogP contribution in [-0.4, -0.2) is 37.0 Å². The summed E-state index contributed by atoms with van der Waals surface area (Å²) in [6.45, 7) is 2.42. The van der Waals surface area contributed by atoms with E-state index >= 15 is 0 Å². The van der Waals surface area contributed by atoms with Crippen molar-refractivity contribution < 1.29 is 9.18 Å². The van der Waals surface area contributed by atoms with Crippen LogP contribution in [0.5, 0.6) is 0 Å². The lowest BCUT2D eigenvalue weighted by Crippen LogP contribution is -2.49. The number of rotatable bonds is 2. The molecule has 1 saturated heterocycles. The number of carbonyl (C=O) groups is 1. The van der Waals surface area contributed by atoms with Gasteiger partial charge in [-0.3, -0.25) is 4.79 Å². The predicted molar refractivity (Wildman–Crippen MR) is 93.7 cm³/mol. The molecule has 1 heterocycles. The van der Waals surface area contributed by atoms with E-state index in [-0.39, 0.29) is 11.5 Å². The van der Waals surface area contributed by atoms with Gasteiger partial charge in [0.25, 0.3) is 5.91 Å². The summed E-state index contributed by atoms with van der Waals surface area (Å²) in [4.78, 5) is 16.3. The van der Waals surface area contributed by atoms with Gasteiger partial charge in [-0.1, -0.05) is 39.7 Å². The van der Waals surface area contributed by atoms with E-state index in [0.717, 1.165) is 5.69 Å². The number of benzene rings is 2. The fourth-order valence-corrected chi connectivity index (χ4v) is 3.31. The summed E-state index contributed by atoms with van der Waals surface area (Å²) in [6.07, 6.45) is 0. The Morgan fingerprint density at radius 2 is 1.78 bits per heavy atom. The lowest BCUT2D eigenvalue weighted by Gasteiger charge is -2.36. The van der Waals surface area contributed by atoms with Crippen LogP contribution in [0.1, 0.15) is 10.4 Å². The molecule has 1 fully saturated rings. The van der Waals surface area contributed by atoms with Crippen molar-refractivity contribution in [3.63, 3.8) is 0 Å². The van der Waals surface area contributed by atoms with Crippen LogP contribution in [0.15, 0.2) is 46.9 Å². The van der Waals surface area contributed by atoms with Crippen molar-refractivity contribution in [3.8, 4) is 0 Å². The van der Waals surface area contributed by atoms with Crippen LogP contribution in [0.3, 0.4) is 0 Å². The Labute approximate surface area is 147 Å². The van der Waals surface area contributed by atoms with Gasteiger partial charge >= 0.3 is 0 Å². The highest BCUT2D eigenvalue weighted by Crippen LogP contribution is 2.26. The van der Waals surface area contributed by atoms with Gasteiger partial charge in [-0.2, -0.15) is 0 Å². The molecule has 0 bridgehead atoms. The van der Waals surface area contributed by atoms with Gasteiger partial charge in [-0.05, 0) is 30.3 Å². The monoisotopic (exact) mass is 396 g/mol. The molecular weight excluding hydrogens is 383 g/mol. The second kappa shape index (κ2) is 6.89. The van der Waals surface area contributed by atoms with Crippen LogP contribution in [0.4, 0.5) is 10.1 Å². The average Bonchev–Trinajstić information content (AvgIpc) is 2.57. The lowest BCUT2D eigenvalue weighted by molar-refractivity contribution is 0.0742. The van der Waals surface area contributed by atoms with Crippen LogP contribution in [0, 0.1) is 5.82 Å². The quantitative estimate of drug-likeness (QED) is 0.758. The fourth-order valence-electron chi connectivity index (χ4n) is 2.69. The van der Waals surface area contributed by atoms with Crippen molar-refractivity contribution in [2.24, 2.45) is 0 Å². The van der Waals surface area contributed by atoms with E-state index in [1.165, 1.54) is 12.1 Å². The third-order valence-corrected chi connectivity index (χ3v) is 4.73. The maximum Gasteiger partial charge on any atom is 0.256 e. The van der Waals surface area contributed by atoms with E-state index in [1.54, 1.807) is 11.0 Å². The first-order valence-electron chi connectivity index (χ1n) is 7.30. The Hall–Kier alpha value is -1.59. The highest BCUT2D eigenvalue weighted by Gasteiger charge is 2.25. The Morgan fingerprint density at radius 1 is 1.09 bits per heavy atom. The number of amides is 1. The molecule has 0 atom stereocenters. The number of piperazine rings is 1.